The molecule has 1 unspecified atom stereocenters. The molecule has 20 heavy (non-hydrogen) atoms. The summed E-state index contributed by atoms with van der Waals surface area (Å²) in [6.07, 6.45) is 6.57. The second kappa shape index (κ2) is 9.25. The largest absolute Gasteiger partial charge is 0.0918 e. The topological polar surface area (TPSA) is 0 Å². The van der Waals surface area contributed by atoms with Crippen LogP contribution in [0.4, 0.5) is 0 Å². The van der Waals surface area contributed by atoms with Crippen molar-refractivity contribution in [2.45, 2.75) is 58.3 Å². The minimum Gasteiger partial charge on any atom is -0.0918 e. The monoisotopic (exact) mass is 402 g/mol. The van der Waals surface area contributed by atoms with Crippen molar-refractivity contribution in [3.63, 3.8) is 0 Å². The van der Waals surface area contributed by atoms with E-state index in [4.69, 9.17) is 0 Å². The summed E-state index contributed by atoms with van der Waals surface area (Å²) in [5.74, 6) is 0.825. The molecule has 0 radical (unpaired) electrons. The second-order valence-electron chi connectivity index (χ2n) is 6.03. The van der Waals surface area contributed by atoms with Crippen molar-refractivity contribution >= 4 is 31.9 Å². The van der Waals surface area contributed by atoms with E-state index in [0.717, 1.165) is 16.6 Å². The average molecular weight is 404 g/mol. The minimum absolute atomic E-state index is 0.224. The maximum absolute atomic E-state index is 3.78. The summed E-state index contributed by atoms with van der Waals surface area (Å²) in [5, 5.41) is 2.05. The van der Waals surface area contributed by atoms with Gasteiger partial charge in [-0.25, -0.2) is 0 Å². The Balaban J connectivity index is 2.92. The lowest BCUT2D eigenvalue weighted by Crippen LogP contribution is -2.33. The van der Waals surface area contributed by atoms with Crippen LogP contribution in [0, 0.1) is 12.8 Å². The molecular formula is C18H28Br2. The van der Waals surface area contributed by atoms with Crippen molar-refractivity contribution in [2.24, 2.45) is 5.92 Å². The highest BCUT2D eigenvalue weighted by molar-refractivity contribution is 9.09. The van der Waals surface area contributed by atoms with Crippen LogP contribution in [0.15, 0.2) is 24.3 Å². The van der Waals surface area contributed by atoms with Gasteiger partial charge < -0.3 is 0 Å². The Hall–Kier alpha value is 0.180. The number of halogens is 2. The predicted molar refractivity (Wildman–Crippen MR) is 98.4 cm³/mol. The highest BCUT2D eigenvalue weighted by Crippen LogP contribution is 2.37. The molecule has 0 saturated carbocycles. The molecule has 0 aliphatic rings. The van der Waals surface area contributed by atoms with E-state index < -0.39 is 0 Å². The lowest BCUT2D eigenvalue weighted by Gasteiger charge is -2.34. The zero-order valence-corrected chi connectivity index (χ0v) is 16.3. The molecule has 0 N–H and O–H groups in total. The van der Waals surface area contributed by atoms with Crippen molar-refractivity contribution in [1.82, 2.24) is 0 Å². The molecule has 0 saturated heterocycles. The highest BCUT2D eigenvalue weighted by Gasteiger charge is 2.32. The van der Waals surface area contributed by atoms with Gasteiger partial charge in [-0.2, -0.15) is 0 Å². The maximum atomic E-state index is 3.78. The van der Waals surface area contributed by atoms with Crippen LogP contribution in [0.5, 0.6) is 0 Å². The zero-order valence-electron chi connectivity index (χ0n) is 13.1. The summed E-state index contributed by atoms with van der Waals surface area (Å²) in [6, 6.07) is 9.10. The van der Waals surface area contributed by atoms with Gasteiger partial charge in [-0.3, -0.25) is 0 Å². The van der Waals surface area contributed by atoms with Crippen LogP contribution in [0.2, 0.25) is 0 Å². The molecule has 0 bridgehead atoms. The van der Waals surface area contributed by atoms with E-state index in [-0.39, 0.29) is 5.41 Å². The molecule has 0 spiro atoms. The molecule has 0 amide bonds. The number of hydrogen-bond donors (Lipinski definition) is 0. The van der Waals surface area contributed by atoms with Gasteiger partial charge in [0.1, 0.15) is 0 Å². The van der Waals surface area contributed by atoms with Gasteiger partial charge >= 0.3 is 0 Å². The van der Waals surface area contributed by atoms with Crippen molar-refractivity contribution in [3.05, 3.63) is 35.4 Å². The van der Waals surface area contributed by atoms with Gasteiger partial charge in [0.15, 0.2) is 0 Å². The Kier molecular flexibility index (Phi) is 8.43. The molecule has 0 aromatic heterocycles. The van der Waals surface area contributed by atoms with E-state index in [2.05, 4.69) is 76.9 Å². The van der Waals surface area contributed by atoms with Crippen molar-refractivity contribution < 1.29 is 0 Å². The summed E-state index contributed by atoms with van der Waals surface area (Å²) in [6.45, 7) is 6.78. The van der Waals surface area contributed by atoms with Crippen molar-refractivity contribution in [3.8, 4) is 0 Å². The van der Waals surface area contributed by atoms with E-state index >= 15 is 0 Å². The first-order chi connectivity index (χ1) is 9.61. The van der Waals surface area contributed by atoms with Gasteiger partial charge in [0.05, 0.1) is 0 Å². The standard InChI is InChI=1S/C18H28Br2/c1-4-6-7-16(5-2)12-18(13-19,14-20)17-10-8-15(3)9-11-17/h8-11,16H,4-7,12-14H2,1-3H3. The summed E-state index contributed by atoms with van der Waals surface area (Å²) < 4.78 is 0. The van der Waals surface area contributed by atoms with Crippen LogP contribution < -0.4 is 0 Å². The summed E-state index contributed by atoms with van der Waals surface area (Å²) >= 11 is 7.57. The Morgan fingerprint density at radius 2 is 1.65 bits per heavy atom. The van der Waals surface area contributed by atoms with E-state index in [0.29, 0.717) is 0 Å². The smallest absolute Gasteiger partial charge is 0.0149 e. The first-order valence-electron chi connectivity index (χ1n) is 7.81. The van der Waals surface area contributed by atoms with Gasteiger partial charge in [-0.05, 0) is 24.8 Å². The number of unbranched alkanes of at least 4 members (excludes halogenated alkanes) is 1. The molecule has 2 heteroatoms. The minimum atomic E-state index is 0.224. The molecule has 0 nitrogen and oxygen atoms in total. The van der Waals surface area contributed by atoms with Gasteiger partial charge in [0.2, 0.25) is 0 Å². The SMILES string of the molecule is CCCCC(CC)CC(CBr)(CBr)c1ccc(C)cc1. The number of benzene rings is 1. The molecule has 1 aromatic carbocycles. The molecule has 0 heterocycles. The van der Waals surface area contributed by atoms with E-state index in [1.807, 2.05) is 0 Å². The lowest BCUT2D eigenvalue weighted by atomic mass is 9.75. The summed E-state index contributed by atoms with van der Waals surface area (Å²) in [7, 11) is 0. The Bertz CT molecular complexity index is 366. The molecule has 0 aliphatic heterocycles. The molecule has 0 aliphatic carbocycles. The Morgan fingerprint density at radius 3 is 2.10 bits per heavy atom. The lowest BCUT2D eigenvalue weighted by molar-refractivity contribution is 0.338. The number of alkyl halides is 2. The molecule has 0 fully saturated rings. The second-order valence-corrected chi connectivity index (χ2v) is 7.16. The van der Waals surface area contributed by atoms with Crippen molar-refractivity contribution in [2.75, 3.05) is 10.7 Å². The van der Waals surface area contributed by atoms with Crippen LogP contribution in [-0.2, 0) is 5.41 Å². The molecule has 1 atom stereocenters. The Labute approximate surface area is 142 Å². The van der Waals surface area contributed by atoms with Crippen LogP contribution in [0.25, 0.3) is 0 Å². The van der Waals surface area contributed by atoms with Crippen LogP contribution in [0.1, 0.15) is 57.1 Å². The van der Waals surface area contributed by atoms with Gasteiger partial charge in [0.25, 0.3) is 0 Å². The highest BCUT2D eigenvalue weighted by atomic mass is 79.9. The van der Waals surface area contributed by atoms with Crippen molar-refractivity contribution in [1.29, 1.82) is 0 Å². The zero-order chi connectivity index (χ0) is 15.0. The van der Waals surface area contributed by atoms with Gasteiger partial charge in [-0.15, -0.1) is 0 Å². The number of hydrogen-bond acceptors (Lipinski definition) is 0. The predicted octanol–water partition coefficient (Wildman–Crippen LogP) is 6.63. The normalized spacial score (nSPS) is 13.4. The van der Waals surface area contributed by atoms with E-state index in [9.17, 15) is 0 Å². The third kappa shape index (κ3) is 4.87. The van der Waals surface area contributed by atoms with E-state index in [1.54, 1.807) is 0 Å². The van der Waals surface area contributed by atoms with Crippen LogP contribution in [0.3, 0.4) is 0 Å². The molecule has 114 valence electrons. The van der Waals surface area contributed by atoms with Gasteiger partial charge in [0, 0.05) is 16.1 Å². The third-order valence-electron chi connectivity index (χ3n) is 4.40. The first-order valence-corrected chi connectivity index (χ1v) is 10.0. The van der Waals surface area contributed by atoms with Crippen LogP contribution >= 0.6 is 31.9 Å². The molecule has 1 rings (SSSR count). The fraction of sp³-hybridized carbons (Fsp3) is 0.667. The number of aryl methyl sites for hydroxylation is 1. The average Bonchev–Trinajstić information content (AvgIpc) is 2.49. The van der Waals surface area contributed by atoms with Gasteiger partial charge in [-0.1, -0.05) is 101 Å². The fourth-order valence-electron chi connectivity index (χ4n) is 2.82. The summed E-state index contributed by atoms with van der Waals surface area (Å²) in [4.78, 5) is 0. The first kappa shape index (κ1) is 18.2. The maximum Gasteiger partial charge on any atom is 0.0149 e. The fourth-order valence-corrected chi connectivity index (χ4v) is 4.85. The van der Waals surface area contributed by atoms with E-state index in [1.165, 1.54) is 43.2 Å². The van der Waals surface area contributed by atoms with Crippen LogP contribution in [-0.4, -0.2) is 10.7 Å². The quantitative estimate of drug-likeness (QED) is 0.406. The molecular weight excluding hydrogens is 376 g/mol. The Morgan fingerprint density at radius 1 is 1.05 bits per heavy atom. The molecule has 1 aromatic rings. The third-order valence-corrected chi connectivity index (χ3v) is 6.54. The summed E-state index contributed by atoms with van der Waals surface area (Å²) in [5.41, 5.74) is 3.03. The number of rotatable bonds is 9.